The van der Waals surface area contributed by atoms with Gasteiger partial charge in [-0.2, -0.15) is 0 Å². The molecular weight excluding hydrogens is 188 g/mol. The van der Waals surface area contributed by atoms with Crippen molar-refractivity contribution in [3.8, 4) is 0 Å². The lowest BCUT2D eigenvalue weighted by atomic mass is 9.98. The average Bonchev–Trinajstić information content (AvgIpc) is 2.40. The highest BCUT2D eigenvalue weighted by Gasteiger charge is 2.44. The summed E-state index contributed by atoms with van der Waals surface area (Å²) in [5.74, 6) is 0. The second kappa shape index (κ2) is 4.40. The molecule has 90 valence electrons. The Kier molecular flexibility index (Phi) is 3.80. The summed E-state index contributed by atoms with van der Waals surface area (Å²) >= 11 is 0. The van der Waals surface area contributed by atoms with Crippen LogP contribution in [-0.4, -0.2) is 58.8 Å². The molecule has 0 spiro atoms. The van der Waals surface area contributed by atoms with E-state index < -0.39 is 5.60 Å². The molecule has 3 heteroatoms. The molecule has 0 saturated carbocycles. The van der Waals surface area contributed by atoms with E-state index in [2.05, 4.69) is 44.5 Å². The molecule has 1 aliphatic heterocycles. The van der Waals surface area contributed by atoms with Crippen molar-refractivity contribution < 1.29 is 5.11 Å². The number of likely N-dealkylation sites (tertiary alicyclic amines) is 1. The SMILES string of the molecule is CC(C)N1CC(N(C)C(C)C)C(C)(O)C1. The first-order chi connectivity index (χ1) is 6.75. The molecule has 1 heterocycles. The number of hydrogen-bond donors (Lipinski definition) is 1. The molecular formula is C12H26N2O. The van der Waals surface area contributed by atoms with Crippen molar-refractivity contribution >= 4 is 0 Å². The number of β-amino-alcohol motifs (C(OH)–C–C–N with tert-alkyl or cyclic N) is 1. The summed E-state index contributed by atoms with van der Waals surface area (Å²) in [6.45, 7) is 12.4. The molecule has 15 heavy (non-hydrogen) atoms. The van der Waals surface area contributed by atoms with Crippen LogP contribution in [0.1, 0.15) is 34.6 Å². The maximum Gasteiger partial charge on any atom is 0.0912 e. The molecule has 0 amide bonds. The lowest BCUT2D eigenvalue weighted by molar-refractivity contribution is -0.00286. The zero-order valence-electron chi connectivity index (χ0n) is 11.0. The van der Waals surface area contributed by atoms with Gasteiger partial charge in [-0.15, -0.1) is 0 Å². The third kappa shape index (κ3) is 2.71. The largest absolute Gasteiger partial charge is 0.387 e. The number of likely N-dealkylation sites (N-methyl/N-ethyl adjacent to an activating group) is 1. The molecule has 0 aromatic rings. The van der Waals surface area contributed by atoms with E-state index in [1.165, 1.54) is 0 Å². The van der Waals surface area contributed by atoms with Crippen LogP contribution in [0.2, 0.25) is 0 Å². The average molecular weight is 214 g/mol. The molecule has 1 saturated heterocycles. The van der Waals surface area contributed by atoms with Crippen LogP contribution in [0.15, 0.2) is 0 Å². The molecule has 0 radical (unpaired) electrons. The van der Waals surface area contributed by atoms with Crippen LogP contribution < -0.4 is 0 Å². The fourth-order valence-corrected chi connectivity index (χ4v) is 2.32. The number of rotatable bonds is 3. The second-order valence-electron chi connectivity index (χ2n) is 5.66. The summed E-state index contributed by atoms with van der Waals surface area (Å²) in [5.41, 5.74) is -0.580. The first-order valence-corrected chi connectivity index (χ1v) is 5.94. The van der Waals surface area contributed by atoms with Crippen molar-refractivity contribution in [2.75, 3.05) is 20.1 Å². The first-order valence-electron chi connectivity index (χ1n) is 5.94. The summed E-state index contributed by atoms with van der Waals surface area (Å²) < 4.78 is 0. The van der Waals surface area contributed by atoms with E-state index in [0.717, 1.165) is 13.1 Å². The predicted molar refractivity (Wildman–Crippen MR) is 64.0 cm³/mol. The van der Waals surface area contributed by atoms with Crippen LogP contribution in [0, 0.1) is 0 Å². The Morgan fingerprint density at radius 1 is 1.33 bits per heavy atom. The Morgan fingerprint density at radius 3 is 2.20 bits per heavy atom. The quantitative estimate of drug-likeness (QED) is 0.764. The van der Waals surface area contributed by atoms with E-state index in [1.807, 2.05) is 6.92 Å². The maximum absolute atomic E-state index is 10.4. The van der Waals surface area contributed by atoms with Crippen molar-refractivity contribution in [3.63, 3.8) is 0 Å². The predicted octanol–water partition coefficient (Wildman–Crippen LogP) is 1.17. The molecule has 0 bridgehead atoms. The summed E-state index contributed by atoms with van der Waals surface area (Å²) in [7, 11) is 2.10. The van der Waals surface area contributed by atoms with Crippen LogP contribution in [0.4, 0.5) is 0 Å². The van der Waals surface area contributed by atoms with Gasteiger partial charge in [0.25, 0.3) is 0 Å². The highest BCUT2D eigenvalue weighted by molar-refractivity contribution is 5.00. The maximum atomic E-state index is 10.4. The molecule has 0 aromatic carbocycles. The summed E-state index contributed by atoms with van der Waals surface area (Å²) in [4.78, 5) is 4.63. The van der Waals surface area contributed by atoms with Gasteiger partial charge in [-0.3, -0.25) is 9.80 Å². The minimum Gasteiger partial charge on any atom is -0.387 e. The van der Waals surface area contributed by atoms with Gasteiger partial charge in [0.15, 0.2) is 0 Å². The fraction of sp³-hybridized carbons (Fsp3) is 1.00. The number of hydrogen-bond acceptors (Lipinski definition) is 3. The van der Waals surface area contributed by atoms with Crippen molar-refractivity contribution in [1.29, 1.82) is 0 Å². The third-order valence-electron chi connectivity index (χ3n) is 3.68. The molecule has 1 rings (SSSR count). The van der Waals surface area contributed by atoms with E-state index in [1.54, 1.807) is 0 Å². The third-order valence-corrected chi connectivity index (χ3v) is 3.68. The van der Waals surface area contributed by atoms with Crippen molar-refractivity contribution in [1.82, 2.24) is 9.80 Å². The zero-order chi connectivity index (χ0) is 11.8. The second-order valence-corrected chi connectivity index (χ2v) is 5.66. The van der Waals surface area contributed by atoms with Gasteiger partial charge in [0.1, 0.15) is 0 Å². The summed E-state index contributed by atoms with van der Waals surface area (Å²) in [5, 5.41) is 10.4. The van der Waals surface area contributed by atoms with Crippen LogP contribution in [0.25, 0.3) is 0 Å². The van der Waals surface area contributed by atoms with Crippen molar-refractivity contribution in [3.05, 3.63) is 0 Å². The van der Waals surface area contributed by atoms with Gasteiger partial charge in [-0.1, -0.05) is 0 Å². The molecule has 1 N–H and O–H groups in total. The van der Waals surface area contributed by atoms with Crippen molar-refractivity contribution in [2.24, 2.45) is 0 Å². The Morgan fingerprint density at radius 2 is 1.87 bits per heavy atom. The van der Waals surface area contributed by atoms with Crippen molar-refractivity contribution in [2.45, 2.75) is 58.3 Å². The highest BCUT2D eigenvalue weighted by atomic mass is 16.3. The highest BCUT2D eigenvalue weighted by Crippen LogP contribution is 2.27. The van der Waals surface area contributed by atoms with Gasteiger partial charge in [-0.05, 0) is 41.7 Å². The fourth-order valence-electron chi connectivity index (χ4n) is 2.32. The lowest BCUT2D eigenvalue weighted by Gasteiger charge is -2.35. The molecule has 1 fully saturated rings. The summed E-state index contributed by atoms with van der Waals surface area (Å²) in [6.07, 6.45) is 0. The van der Waals surface area contributed by atoms with Crippen LogP contribution >= 0.6 is 0 Å². The van der Waals surface area contributed by atoms with E-state index in [-0.39, 0.29) is 6.04 Å². The molecule has 1 aliphatic rings. The Bertz CT molecular complexity index is 214. The van der Waals surface area contributed by atoms with Crippen LogP contribution in [0.5, 0.6) is 0 Å². The normalized spacial score (nSPS) is 33.6. The minimum absolute atomic E-state index is 0.250. The van der Waals surface area contributed by atoms with E-state index in [4.69, 9.17) is 0 Å². The van der Waals surface area contributed by atoms with E-state index >= 15 is 0 Å². The lowest BCUT2D eigenvalue weighted by Crippen LogP contribution is -2.50. The van der Waals surface area contributed by atoms with Gasteiger partial charge in [0.05, 0.1) is 11.6 Å². The Hall–Kier alpha value is -0.120. The smallest absolute Gasteiger partial charge is 0.0912 e. The Balaban J connectivity index is 2.73. The summed E-state index contributed by atoms with van der Waals surface area (Å²) in [6, 6.07) is 1.25. The standard InChI is InChI=1S/C12H26N2O/c1-9(2)13(6)11-7-14(10(3)4)8-12(11,5)15/h9-11,15H,7-8H2,1-6H3. The monoisotopic (exact) mass is 214 g/mol. The molecule has 2 atom stereocenters. The van der Waals surface area contributed by atoms with Gasteiger partial charge in [0.2, 0.25) is 0 Å². The van der Waals surface area contributed by atoms with Gasteiger partial charge in [-0.25, -0.2) is 0 Å². The van der Waals surface area contributed by atoms with Crippen LogP contribution in [0.3, 0.4) is 0 Å². The number of nitrogens with zero attached hydrogens (tertiary/aromatic N) is 2. The zero-order valence-corrected chi connectivity index (χ0v) is 11.0. The Labute approximate surface area is 94.1 Å². The van der Waals surface area contributed by atoms with Gasteiger partial charge >= 0.3 is 0 Å². The topological polar surface area (TPSA) is 26.7 Å². The molecule has 3 nitrogen and oxygen atoms in total. The number of aliphatic hydroxyl groups is 1. The first kappa shape index (κ1) is 12.9. The van der Waals surface area contributed by atoms with Crippen LogP contribution in [-0.2, 0) is 0 Å². The van der Waals surface area contributed by atoms with Gasteiger partial charge in [0, 0.05) is 25.2 Å². The van der Waals surface area contributed by atoms with E-state index in [0.29, 0.717) is 12.1 Å². The molecule has 2 unspecified atom stereocenters. The molecule has 0 aromatic heterocycles. The van der Waals surface area contributed by atoms with Gasteiger partial charge < -0.3 is 5.11 Å². The molecule has 0 aliphatic carbocycles. The van der Waals surface area contributed by atoms with E-state index in [9.17, 15) is 5.11 Å². The minimum atomic E-state index is -0.580.